The van der Waals surface area contributed by atoms with E-state index in [2.05, 4.69) is 20.8 Å². The lowest BCUT2D eigenvalue weighted by Gasteiger charge is -2.13. The summed E-state index contributed by atoms with van der Waals surface area (Å²) in [6.07, 6.45) is 0.547. The highest BCUT2D eigenvalue weighted by atomic mass is 16.5. The van der Waals surface area contributed by atoms with Gasteiger partial charge in [-0.2, -0.15) is 0 Å². The normalized spacial score (nSPS) is 13.2. The summed E-state index contributed by atoms with van der Waals surface area (Å²) in [5, 5.41) is 0. The Kier molecular flexibility index (Phi) is 4.92. The van der Waals surface area contributed by atoms with E-state index in [0.717, 1.165) is 0 Å². The van der Waals surface area contributed by atoms with Crippen molar-refractivity contribution in [1.82, 2.24) is 0 Å². The molecule has 66 valence electrons. The van der Waals surface area contributed by atoms with E-state index in [1.807, 2.05) is 6.92 Å². The second-order valence-corrected chi connectivity index (χ2v) is 3.23. The molecule has 0 aromatic carbocycles. The molecular weight excluding hydrogens is 140 g/mol. The first-order valence-corrected chi connectivity index (χ1v) is 4.23. The molecule has 0 unspecified atom stereocenters. The number of carbonyl (C=O) groups excluding carboxylic acids is 1. The van der Waals surface area contributed by atoms with Crippen LogP contribution in [0, 0.1) is 11.8 Å². The lowest BCUT2D eigenvalue weighted by molar-refractivity contribution is -0.144. The van der Waals surface area contributed by atoms with Gasteiger partial charge in [0.2, 0.25) is 0 Å². The van der Waals surface area contributed by atoms with Crippen molar-refractivity contribution in [3.8, 4) is 0 Å². The third-order valence-electron chi connectivity index (χ3n) is 1.93. The van der Waals surface area contributed by atoms with Gasteiger partial charge in [0, 0.05) is 6.42 Å². The van der Waals surface area contributed by atoms with Gasteiger partial charge < -0.3 is 4.74 Å². The van der Waals surface area contributed by atoms with E-state index in [1.165, 1.54) is 0 Å². The summed E-state index contributed by atoms with van der Waals surface area (Å²) in [6.45, 7) is 8.62. The largest absolute Gasteiger partial charge is 0.466 e. The highest BCUT2D eigenvalue weighted by Gasteiger charge is 2.12. The summed E-state index contributed by atoms with van der Waals surface area (Å²) in [5.41, 5.74) is 0. The summed E-state index contributed by atoms with van der Waals surface area (Å²) in [5.74, 6) is 0.905. The quantitative estimate of drug-likeness (QED) is 0.586. The van der Waals surface area contributed by atoms with Crippen LogP contribution in [0.15, 0.2) is 0 Å². The molecule has 0 spiro atoms. The average Bonchev–Trinajstić information content (AvgIpc) is 1.87. The first-order valence-electron chi connectivity index (χ1n) is 4.23. The van der Waals surface area contributed by atoms with Gasteiger partial charge in [-0.1, -0.05) is 20.8 Å². The zero-order valence-corrected chi connectivity index (χ0v) is 7.89. The van der Waals surface area contributed by atoms with Crippen molar-refractivity contribution in [3.63, 3.8) is 0 Å². The van der Waals surface area contributed by atoms with Gasteiger partial charge in [0.25, 0.3) is 0 Å². The standard InChI is InChI=1S/C9H18O2/c1-5-11-9(10)6-8(4)7(2)3/h7-8H,5-6H2,1-4H3/t8-/m0/s1. The minimum atomic E-state index is -0.0753. The predicted molar refractivity (Wildman–Crippen MR) is 45.3 cm³/mol. The van der Waals surface area contributed by atoms with Crippen molar-refractivity contribution in [1.29, 1.82) is 0 Å². The van der Waals surface area contributed by atoms with Crippen LogP contribution in [0.2, 0.25) is 0 Å². The van der Waals surface area contributed by atoms with E-state index in [0.29, 0.717) is 24.9 Å². The Morgan fingerprint density at radius 2 is 1.91 bits per heavy atom. The van der Waals surface area contributed by atoms with E-state index in [1.54, 1.807) is 0 Å². The Hall–Kier alpha value is -0.530. The van der Waals surface area contributed by atoms with Crippen LogP contribution in [-0.2, 0) is 9.53 Å². The van der Waals surface area contributed by atoms with Gasteiger partial charge in [-0.15, -0.1) is 0 Å². The number of ether oxygens (including phenoxy) is 1. The van der Waals surface area contributed by atoms with E-state index in [9.17, 15) is 4.79 Å². The molecule has 0 fully saturated rings. The lowest BCUT2D eigenvalue weighted by Crippen LogP contribution is -2.13. The maximum Gasteiger partial charge on any atom is 0.306 e. The monoisotopic (exact) mass is 158 g/mol. The summed E-state index contributed by atoms with van der Waals surface area (Å²) in [7, 11) is 0. The van der Waals surface area contributed by atoms with E-state index < -0.39 is 0 Å². The van der Waals surface area contributed by atoms with Gasteiger partial charge in [-0.05, 0) is 18.8 Å². The molecule has 1 atom stereocenters. The fraction of sp³-hybridized carbons (Fsp3) is 0.889. The number of esters is 1. The first kappa shape index (κ1) is 10.5. The second kappa shape index (κ2) is 5.16. The van der Waals surface area contributed by atoms with Crippen molar-refractivity contribution >= 4 is 5.97 Å². The van der Waals surface area contributed by atoms with Crippen LogP contribution < -0.4 is 0 Å². The number of rotatable bonds is 4. The molecule has 0 aliphatic rings. The molecular formula is C9H18O2. The molecule has 0 aliphatic heterocycles. The molecule has 0 rings (SSSR count). The van der Waals surface area contributed by atoms with E-state index >= 15 is 0 Å². The third-order valence-corrected chi connectivity index (χ3v) is 1.93. The van der Waals surface area contributed by atoms with E-state index in [-0.39, 0.29) is 5.97 Å². The second-order valence-electron chi connectivity index (χ2n) is 3.23. The molecule has 2 nitrogen and oxygen atoms in total. The van der Waals surface area contributed by atoms with Crippen molar-refractivity contribution in [2.24, 2.45) is 11.8 Å². The fourth-order valence-corrected chi connectivity index (χ4v) is 0.719. The van der Waals surface area contributed by atoms with Crippen LogP contribution >= 0.6 is 0 Å². The molecule has 0 N–H and O–H groups in total. The molecule has 0 aliphatic carbocycles. The van der Waals surface area contributed by atoms with Crippen LogP contribution in [0.3, 0.4) is 0 Å². The van der Waals surface area contributed by atoms with E-state index in [4.69, 9.17) is 4.74 Å². The Morgan fingerprint density at radius 3 is 2.27 bits per heavy atom. The topological polar surface area (TPSA) is 26.3 Å². The molecule has 0 radical (unpaired) electrons. The van der Waals surface area contributed by atoms with Crippen LogP contribution in [0.25, 0.3) is 0 Å². The molecule has 0 aromatic rings. The van der Waals surface area contributed by atoms with Crippen LogP contribution in [-0.4, -0.2) is 12.6 Å². The minimum absolute atomic E-state index is 0.0753. The zero-order valence-electron chi connectivity index (χ0n) is 7.89. The summed E-state index contributed by atoms with van der Waals surface area (Å²) in [4.78, 5) is 10.9. The zero-order chi connectivity index (χ0) is 8.85. The summed E-state index contributed by atoms with van der Waals surface area (Å²) < 4.78 is 4.82. The Balaban J connectivity index is 3.57. The fourth-order valence-electron chi connectivity index (χ4n) is 0.719. The Bertz CT molecular complexity index is 119. The van der Waals surface area contributed by atoms with Crippen LogP contribution in [0.1, 0.15) is 34.1 Å². The molecule has 11 heavy (non-hydrogen) atoms. The van der Waals surface area contributed by atoms with Crippen molar-refractivity contribution in [2.75, 3.05) is 6.61 Å². The molecule has 0 bridgehead atoms. The summed E-state index contributed by atoms with van der Waals surface area (Å²) in [6, 6.07) is 0. The van der Waals surface area contributed by atoms with Crippen molar-refractivity contribution in [3.05, 3.63) is 0 Å². The number of hydrogen-bond acceptors (Lipinski definition) is 2. The minimum Gasteiger partial charge on any atom is -0.466 e. The number of carbonyl (C=O) groups is 1. The number of hydrogen-bond donors (Lipinski definition) is 0. The van der Waals surface area contributed by atoms with Gasteiger partial charge in [-0.3, -0.25) is 4.79 Å². The smallest absolute Gasteiger partial charge is 0.306 e. The third kappa shape index (κ3) is 4.82. The molecule has 0 heterocycles. The predicted octanol–water partition coefficient (Wildman–Crippen LogP) is 2.23. The van der Waals surface area contributed by atoms with Gasteiger partial charge >= 0.3 is 5.97 Å². The molecule has 0 saturated carbocycles. The van der Waals surface area contributed by atoms with Gasteiger partial charge in [0.05, 0.1) is 6.61 Å². The molecule has 0 amide bonds. The Morgan fingerprint density at radius 1 is 1.36 bits per heavy atom. The van der Waals surface area contributed by atoms with Crippen LogP contribution in [0.4, 0.5) is 0 Å². The molecule has 2 heteroatoms. The van der Waals surface area contributed by atoms with Crippen molar-refractivity contribution in [2.45, 2.75) is 34.1 Å². The average molecular weight is 158 g/mol. The highest BCUT2D eigenvalue weighted by Crippen LogP contribution is 2.14. The van der Waals surface area contributed by atoms with Crippen molar-refractivity contribution < 1.29 is 9.53 Å². The maximum atomic E-state index is 10.9. The lowest BCUT2D eigenvalue weighted by atomic mass is 9.95. The first-order chi connectivity index (χ1) is 5.07. The van der Waals surface area contributed by atoms with Gasteiger partial charge in [0.15, 0.2) is 0 Å². The van der Waals surface area contributed by atoms with Gasteiger partial charge in [-0.25, -0.2) is 0 Å². The summed E-state index contributed by atoms with van der Waals surface area (Å²) >= 11 is 0. The molecule has 0 aromatic heterocycles. The highest BCUT2D eigenvalue weighted by molar-refractivity contribution is 5.69. The maximum absolute atomic E-state index is 10.9. The SMILES string of the molecule is CCOC(=O)C[C@H](C)C(C)C. The van der Waals surface area contributed by atoms with Gasteiger partial charge in [0.1, 0.15) is 0 Å². The Labute approximate surface area is 68.9 Å². The van der Waals surface area contributed by atoms with Crippen LogP contribution in [0.5, 0.6) is 0 Å². The molecule has 0 saturated heterocycles.